The monoisotopic (exact) mass is 306 g/mol. The van der Waals surface area contributed by atoms with Gasteiger partial charge in [0.25, 0.3) is 0 Å². The van der Waals surface area contributed by atoms with E-state index in [-0.39, 0.29) is 23.8 Å². The highest BCUT2D eigenvalue weighted by atomic mass is 16.5. The van der Waals surface area contributed by atoms with E-state index in [9.17, 15) is 9.59 Å². The Morgan fingerprint density at radius 1 is 1.45 bits per heavy atom. The number of hydrogen-bond acceptors (Lipinski definition) is 6. The molecule has 1 saturated heterocycles. The quantitative estimate of drug-likeness (QED) is 0.791. The van der Waals surface area contributed by atoms with E-state index in [4.69, 9.17) is 9.47 Å². The molecule has 0 radical (unpaired) electrons. The maximum absolute atomic E-state index is 12.0. The molecule has 1 aromatic rings. The highest BCUT2D eigenvalue weighted by molar-refractivity contribution is 5.94. The lowest BCUT2D eigenvalue weighted by Crippen LogP contribution is -2.43. The van der Waals surface area contributed by atoms with Crippen molar-refractivity contribution in [3.8, 4) is 0 Å². The number of pyridine rings is 1. The molecule has 120 valence electrons. The fraction of sp³-hybridized carbons (Fsp3) is 0.562. The number of carbonyl (C=O) groups excluding carboxylic acids is 2. The number of piperidine rings is 1. The van der Waals surface area contributed by atoms with Gasteiger partial charge in [-0.2, -0.15) is 0 Å². The molecule has 1 aliphatic rings. The number of aromatic nitrogens is 1. The van der Waals surface area contributed by atoms with E-state index in [2.05, 4.69) is 4.98 Å². The van der Waals surface area contributed by atoms with Gasteiger partial charge in [0, 0.05) is 19.3 Å². The van der Waals surface area contributed by atoms with E-state index in [0.29, 0.717) is 37.5 Å². The van der Waals surface area contributed by atoms with Crippen molar-refractivity contribution >= 4 is 17.8 Å². The number of esters is 2. The fourth-order valence-electron chi connectivity index (χ4n) is 2.86. The molecule has 0 aliphatic carbocycles. The summed E-state index contributed by atoms with van der Waals surface area (Å²) >= 11 is 0. The maximum atomic E-state index is 12.0. The van der Waals surface area contributed by atoms with Crippen molar-refractivity contribution in [3.63, 3.8) is 0 Å². The molecule has 2 heterocycles. The summed E-state index contributed by atoms with van der Waals surface area (Å²) in [6.45, 7) is 5.43. The number of nitrogens with zero attached hydrogens (tertiary/aromatic N) is 2. The standard InChI is InChI=1S/C16H22N2O4/c1-4-22-16(20)13-6-5-8-17-14(13)18-9-7-12(11(2)10-18)15(19)21-3/h5-6,8,11-12H,4,7,9-10H2,1-3H3. The Morgan fingerprint density at radius 2 is 2.23 bits per heavy atom. The first-order valence-electron chi connectivity index (χ1n) is 7.53. The Bertz CT molecular complexity index is 547. The summed E-state index contributed by atoms with van der Waals surface area (Å²) in [6.07, 6.45) is 2.35. The van der Waals surface area contributed by atoms with E-state index in [1.165, 1.54) is 7.11 Å². The van der Waals surface area contributed by atoms with Crippen LogP contribution in [0.5, 0.6) is 0 Å². The Kier molecular flexibility index (Phi) is 5.35. The van der Waals surface area contributed by atoms with Gasteiger partial charge in [0.2, 0.25) is 0 Å². The second-order valence-corrected chi connectivity index (χ2v) is 5.44. The van der Waals surface area contributed by atoms with Gasteiger partial charge in [0.1, 0.15) is 11.4 Å². The lowest BCUT2D eigenvalue weighted by molar-refractivity contribution is -0.147. The normalized spacial score (nSPS) is 21.3. The van der Waals surface area contributed by atoms with Gasteiger partial charge in [-0.15, -0.1) is 0 Å². The van der Waals surface area contributed by atoms with Crippen LogP contribution in [0.25, 0.3) is 0 Å². The number of carbonyl (C=O) groups is 2. The topological polar surface area (TPSA) is 68.7 Å². The third-order valence-corrected chi connectivity index (χ3v) is 3.99. The van der Waals surface area contributed by atoms with E-state index < -0.39 is 0 Å². The molecular formula is C16H22N2O4. The predicted octanol–water partition coefficient (Wildman–Crippen LogP) is 1.89. The average Bonchev–Trinajstić information content (AvgIpc) is 2.54. The summed E-state index contributed by atoms with van der Waals surface area (Å²) in [7, 11) is 1.42. The summed E-state index contributed by atoms with van der Waals surface area (Å²) in [4.78, 5) is 30.2. The fourth-order valence-corrected chi connectivity index (χ4v) is 2.86. The third kappa shape index (κ3) is 3.37. The first-order chi connectivity index (χ1) is 10.6. The molecular weight excluding hydrogens is 284 g/mol. The van der Waals surface area contributed by atoms with Crippen LogP contribution in [-0.4, -0.2) is 43.7 Å². The van der Waals surface area contributed by atoms with E-state index in [0.717, 1.165) is 0 Å². The maximum Gasteiger partial charge on any atom is 0.341 e. The first-order valence-corrected chi connectivity index (χ1v) is 7.53. The van der Waals surface area contributed by atoms with Crippen LogP contribution >= 0.6 is 0 Å². The van der Waals surface area contributed by atoms with Gasteiger partial charge in [-0.25, -0.2) is 9.78 Å². The van der Waals surface area contributed by atoms with Crippen LogP contribution in [0.4, 0.5) is 5.82 Å². The first kappa shape index (κ1) is 16.3. The molecule has 2 rings (SSSR count). The largest absolute Gasteiger partial charge is 0.469 e. The van der Waals surface area contributed by atoms with Crippen LogP contribution < -0.4 is 4.90 Å². The molecule has 6 heteroatoms. The molecule has 0 spiro atoms. The molecule has 0 N–H and O–H groups in total. The van der Waals surface area contributed by atoms with Gasteiger partial charge in [0.15, 0.2) is 0 Å². The molecule has 1 fully saturated rings. The highest BCUT2D eigenvalue weighted by Crippen LogP contribution is 2.29. The van der Waals surface area contributed by atoms with Gasteiger partial charge in [-0.05, 0) is 31.4 Å². The predicted molar refractivity (Wildman–Crippen MR) is 81.7 cm³/mol. The minimum Gasteiger partial charge on any atom is -0.469 e. The zero-order chi connectivity index (χ0) is 16.1. The van der Waals surface area contributed by atoms with Gasteiger partial charge < -0.3 is 14.4 Å². The lowest BCUT2D eigenvalue weighted by atomic mass is 9.87. The number of ether oxygens (including phenoxy) is 2. The summed E-state index contributed by atoms with van der Waals surface area (Å²) in [6, 6.07) is 3.44. The van der Waals surface area contributed by atoms with Crippen molar-refractivity contribution in [2.75, 3.05) is 31.7 Å². The number of hydrogen-bond donors (Lipinski definition) is 0. The second-order valence-electron chi connectivity index (χ2n) is 5.44. The van der Waals surface area contributed by atoms with Crippen LogP contribution in [0.3, 0.4) is 0 Å². The Labute approximate surface area is 130 Å². The van der Waals surface area contributed by atoms with Crippen molar-refractivity contribution in [2.45, 2.75) is 20.3 Å². The van der Waals surface area contributed by atoms with Crippen molar-refractivity contribution in [3.05, 3.63) is 23.9 Å². The van der Waals surface area contributed by atoms with Crippen molar-refractivity contribution in [1.29, 1.82) is 0 Å². The van der Waals surface area contributed by atoms with Crippen molar-refractivity contribution in [1.82, 2.24) is 4.98 Å². The molecule has 0 aromatic carbocycles. The van der Waals surface area contributed by atoms with E-state index in [1.807, 2.05) is 11.8 Å². The van der Waals surface area contributed by atoms with Gasteiger partial charge in [-0.1, -0.05) is 6.92 Å². The van der Waals surface area contributed by atoms with Crippen molar-refractivity contribution in [2.24, 2.45) is 11.8 Å². The van der Waals surface area contributed by atoms with Gasteiger partial charge >= 0.3 is 11.9 Å². The second kappa shape index (κ2) is 7.24. The summed E-state index contributed by atoms with van der Waals surface area (Å²) in [5, 5.41) is 0. The van der Waals surface area contributed by atoms with Crippen LogP contribution in [0.2, 0.25) is 0 Å². The minimum absolute atomic E-state index is 0.101. The minimum atomic E-state index is -0.367. The average molecular weight is 306 g/mol. The van der Waals surface area contributed by atoms with Gasteiger partial charge in [0.05, 0.1) is 19.6 Å². The number of anilines is 1. The third-order valence-electron chi connectivity index (χ3n) is 3.99. The molecule has 0 bridgehead atoms. The molecule has 6 nitrogen and oxygen atoms in total. The van der Waals surface area contributed by atoms with Crippen LogP contribution in [-0.2, 0) is 14.3 Å². The SMILES string of the molecule is CCOC(=O)c1cccnc1N1CCC(C(=O)OC)C(C)C1. The molecule has 0 saturated carbocycles. The zero-order valence-electron chi connectivity index (χ0n) is 13.2. The summed E-state index contributed by atoms with van der Waals surface area (Å²) in [5.41, 5.74) is 0.466. The zero-order valence-corrected chi connectivity index (χ0v) is 13.2. The number of rotatable bonds is 4. The molecule has 1 aromatic heterocycles. The highest BCUT2D eigenvalue weighted by Gasteiger charge is 2.33. The number of methoxy groups -OCH3 is 1. The lowest BCUT2D eigenvalue weighted by Gasteiger charge is -2.36. The van der Waals surface area contributed by atoms with E-state index in [1.54, 1.807) is 25.3 Å². The molecule has 1 aliphatic heterocycles. The Balaban J connectivity index is 2.17. The molecule has 2 atom stereocenters. The summed E-state index contributed by atoms with van der Waals surface area (Å²) < 4.78 is 9.93. The van der Waals surface area contributed by atoms with Crippen LogP contribution in [0, 0.1) is 11.8 Å². The summed E-state index contributed by atoms with van der Waals surface area (Å²) in [5.74, 6) is 0.123. The molecule has 22 heavy (non-hydrogen) atoms. The van der Waals surface area contributed by atoms with E-state index >= 15 is 0 Å². The van der Waals surface area contributed by atoms with Crippen molar-refractivity contribution < 1.29 is 19.1 Å². The Hall–Kier alpha value is -2.11. The molecule has 0 amide bonds. The van der Waals surface area contributed by atoms with Crippen LogP contribution in [0.1, 0.15) is 30.6 Å². The molecule has 2 unspecified atom stereocenters. The van der Waals surface area contributed by atoms with Gasteiger partial charge in [-0.3, -0.25) is 4.79 Å². The van der Waals surface area contributed by atoms with Crippen LogP contribution in [0.15, 0.2) is 18.3 Å². The Morgan fingerprint density at radius 3 is 2.86 bits per heavy atom. The smallest absolute Gasteiger partial charge is 0.341 e.